The summed E-state index contributed by atoms with van der Waals surface area (Å²) in [7, 11) is 0. The number of hydrogen-bond acceptors (Lipinski definition) is 4. The van der Waals surface area contributed by atoms with Crippen molar-refractivity contribution in [2.45, 2.75) is 32.1 Å². The fourth-order valence-corrected chi connectivity index (χ4v) is 3.64. The van der Waals surface area contributed by atoms with E-state index in [0.29, 0.717) is 19.8 Å². The number of nitrogens with one attached hydrogen (secondary N) is 1. The van der Waals surface area contributed by atoms with Crippen molar-refractivity contribution in [1.29, 1.82) is 0 Å². The van der Waals surface area contributed by atoms with E-state index in [2.05, 4.69) is 23.5 Å². The van der Waals surface area contributed by atoms with Crippen LogP contribution < -0.4 is 10.1 Å². The summed E-state index contributed by atoms with van der Waals surface area (Å²) >= 11 is 0. The van der Waals surface area contributed by atoms with Gasteiger partial charge in [-0.25, -0.2) is 0 Å². The Morgan fingerprint density at radius 3 is 2.92 bits per heavy atom. The summed E-state index contributed by atoms with van der Waals surface area (Å²) in [6, 6.07) is 6.44. The van der Waals surface area contributed by atoms with E-state index < -0.39 is 5.97 Å². The topological polar surface area (TPSA) is 67.8 Å². The van der Waals surface area contributed by atoms with Gasteiger partial charge in [-0.3, -0.25) is 4.79 Å². The van der Waals surface area contributed by atoms with E-state index in [-0.39, 0.29) is 11.8 Å². The molecule has 2 N–H and O–H groups in total. The number of benzene rings is 1. The number of aryl methyl sites for hydroxylation is 1. The smallest absolute Gasteiger partial charge is 0.308 e. The van der Waals surface area contributed by atoms with Gasteiger partial charge in [-0.1, -0.05) is 12.1 Å². The molecule has 1 aromatic rings. The summed E-state index contributed by atoms with van der Waals surface area (Å²) < 4.78 is 10.9. The largest absolute Gasteiger partial charge is 0.493 e. The molecule has 5 heteroatoms. The van der Waals surface area contributed by atoms with Crippen LogP contribution in [0.3, 0.4) is 0 Å². The zero-order valence-corrected chi connectivity index (χ0v) is 14.1. The second-order valence-electron chi connectivity index (χ2n) is 6.74. The minimum atomic E-state index is -0.687. The molecule has 0 bridgehead atoms. The summed E-state index contributed by atoms with van der Waals surface area (Å²) in [4.78, 5) is 11.5. The zero-order valence-electron chi connectivity index (χ0n) is 14.1. The fraction of sp³-hybridized carbons (Fsp3) is 0.632. The average molecular weight is 333 g/mol. The Morgan fingerprint density at radius 2 is 2.12 bits per heavy atom. The van der Waals surface area contributed by atoms with E-state index in [9.17, 15) is 9.90 Å². The van der Waals surface area contributed by atoms with Crippen molar-refractivity contribution in [2.75, 3.05) is 32.9 Å². The fourth-order valence-electron chi connectivity index (χ4n) is 3.64. The lowest BCUT2D eigenvalue weighted by Gasteiger charge is -2.27. The van der Waals surface area contributed by atoms with Gasteiger partial charge in [0, 0.05) is 26.2 Å². The first-order valence-electron chi connectivity index (χ1n) is 9.00. The summed E-state index contributed by atoms with van der Waals surface area (Å²) in [5.74, 6) is 0.275. The SMILES string of the molecule is O=C(O)C(CNCCCc1ccc2c(c1)CCO2)C1CCOCC1. The van der Waals surface area contributed by atoms with Gasteiger partial charge in [-0.15, -0.1) is 0 Å². The molecular weight excluding hydrogens is 306 g/mol. The van der Waals surface area contributed by atoms with E-state index in [4.69, 9.17) is 9.47 Å². The standard InChI is InChI=1S/C19H27NO4/c21-19(22)17(15-5-9-23-10-6-15)13-20-8-1-2-14-3-4-18-16(12-14)7-11-24-18/h3-4,12,15,17,20H,1-2,5-11,13H2,(H,21,22). The Morgan fingerprint density at radius 1 is 1.29 bits per heavy atom. The van der Waals surface area contributed by atoms with Crippen LogP contribution in [-0.2, 0) is 22.4 Å². The third kappa shape index (κ3) is 4.48. The van der Waals surface area contributed by atoms with Crippen LogP contribution in [0.4, 0.5) is 0 Å². The summed E-state index contributed by atoms with van der Waals surface area (Å²) in [5.41, 5.74) is 2.64. The maximum Gasteiger partial charge on any atom is 0.308 e. The monoisotopic (exact) mass is 333 g/mol. The number of aliphatic carboxylic acids is 1. The molecular formula is C19H27NO4. The minimum Gasteiger partial charge on any atom is -0.493 e. The van der Waals surface area contributed by atoms with Crippen molar-refractivity contribution < 1.29 is 19.4 Å². The van der Waals surface area contributed by atoms with Crippen molar-refractivity contribution in [3.63, 3.8) is 0 Å². The molecule has 0 spiro atoms. The number of fused-ring (bicyclic) bond motifs is 1. The van der Waals surface area contributed by atoms with Gasteiger partial charge in [0.05, 0.1) is 12.5 Å². The Kier molecular flexibility index (Phi) is 6.10. The number of rotatable bonds is 8. The highest BCUT2D eigenvalue weighted by Crippen LogP contribution is 2.26. The molecule has 132 valence electrons. The van der Waals surface area contributed by atoms with E-state index in [1.807, 2.05) is 0 Å². The highest BCUT2D eigenvalue weighted by atomic mass is 16.5. The molecule has 0 aliphatic carbocycles. The number of carboxylic acid groups (broad SMARTS) is 1. The van der Waals surface area contributed by atoms with E-state index in [1.165, 1.54) is 11.1 Å². The quantitative estimate of drug-likeness (QED) is 0.714. The maximum absolute atomic E-state index is 11.5. The first-order chi connectivity index (χ1) is 11.7. The predicted octanol–water partition coefficient (Wildman–Crippen LogP) is 2.27. The zero-order chi connectivity index (χ0) is 16.8. The molecule has 3 rings (SSSR count). The molecule has 0 radical (unpaired) electrons. The number of carboxylic acids is 1. The Bertz CT molecular complexity index is 554. The lowest BCUT2D eigenvalue weighted by atomic mass is 9.86. The van der Waals surface area contributed by atoms with E-state index in [0.717, 1.165) is 51.0 Å². The second-order valence-corrected chi connectivity index (χ2v) is 6.74. The summed E-state index contributed by atoms with van der Waals surface area (Å²) in [6.07, 6.45) is 4.74. The summed E-state index contributed by atoms with van der Waals surface area (Å²) in [6.45, 7) is 3.58. The highest BCUT2D eigenvalue weighted by Gasteiger charge is 2.29. The first kappa shape index (κ1) is 17.2. The molecule has 1 fully saturated rings. The molecule has 0 aromatic heterocycles. The van der Waals surface area contributed by atoms with Gasteiger partial charge < -0.3 is 19.9 Å². The molecule has 5 nitrogen and oxygen atoms in total. The molecule has 2 aliphatic rings. The van der Waals surface area contributed by atoms with Crippen molar-refractivity contribution >= 4 is 5.97 Å². The van der Waals surface area contributed by atoms with Gasteiger partial charge in [0.1, 0.15) is 5.75 Å². The Hall–Kier alpha value is -1.59. The molecule has 2 aliphatic heterocycles. The van der Waals surface area contributed by atoms with Gasteiger partial charge in [-0.05, 0) is 55.3 Å². The van der Waals surface area contributed by atoms with Gasteiger partial charge in [0.15, 0.2) is 0 Å². The van der Waals surface area contributed by atoms with Crippen LogP contribution in [0.25, 0.3) is 0 Å². The highest BCUT2D eigenvalue weighted by molar-refractivity contribution is 5.70. The van der Waals surface area contributed by atoms with Crippen LogP contribution in [0.2, 0.25) is 0 Å². The van der Waals surface area contributed by atoms with E-state index in [1.54, 1.807) is 0 Å². The third-order valence-electron chi connectivity index (χ3n) is 5.09. The molecule has 1 unspecified atom stereocenters. The van der Waals surface area contributed by atoms with Crippen molar-refractivity contribution in [3.8, 4) is 5.75 Å². The van der Waals surface area contributed by atoms with Crippen LogP contribution in [0.1, 0.15) is 30.4 Å². The van der Waals surface area contributed by atoms with Gasteiger partial charge in [0.25, 0.3) is 0 Å². The minimum absolute atomic E-state index is 0.237. The van der Waals surface area contributed by atoms with Crippen LogP contribution in [0, 0.1) is 11.8 Å². The Balaban J connectivity index is 1.38. The van der Waals surface area contributed by atoms with E-state index >= 15 is 0 Å². The number of hydrogen-bond donors (Lipinski definition) is 2. The van der Waals surface area contributed by atoms with Gasteiger partial charge >= 0.3 is 5.97 Å². The molecule has 0 saturated carbocycles. The van der Waals surface area contributed by atoms with Crippen molar-refractivity contribution in [1.82, 2.24) is 5.32 Å². The van der Waals surface area contributed by atoms with Crippen LogP contribution in [-0.4, -0.2) is 44.0 Å². The molecule has 1 saturated heterocycles. The lowest BCUT2D eigenvalue weighted by Crippen LogP contribution is -2.37. The second kappa shape index (κ2) is 8.49. The van der Waals surface area contributed by atoms with Crippen LogP contribution in [0.15, 0.2) is 18.2 Å². The summed E-state index contributed by atoms with van der Waals surface area (Å²) in [5, 5.41) is 12.8. The van der Waals surface area contributed by atoms with Crippen molar-refractivity contribution in [2.24, 2.45) is 11.8 Å². The average Bonchev–Trinajstić information content (AvgIpc) is 3.06. The molecule has 1 atom stereocenters. The van der Waals surface area contributed by atoms with Crippen LogP contribution >= 0.6 is 0 Å². The van der Waals surface area contributed by atoms with Gasteiger partial charge in [0.2, 0.25) is 0 Å². The third-order valence-corrected chi connectivity index (χ3v) is 5.09. The van der Waals surface area contributed by atoms with Crippen LogP contribution in [0.5, 0.6) is 5.75 Å². The maximum atomic E-state index is 11.5. The first-order valence-corrected chi connectivity index (χ1v) is 9.00. The number of ether oxygens (including phenoxy) is 2. The van der Waals surface area contributed by atoms with Gasteiger partial charge in [-0.2, -0.15) is 0 Å². The normalized spacial score (nSPS) is 18.8. The molecule has 1 aromatic carbocycles. The molecule has 0 amide bonds. The molecule has 24 heavy (non-hydrogen) atoms. The van der Waals surface area contributed by atoms with Crippen molar-refractivity contribution in [3.05, 3.63) is 29.3 Å². The predicted molar refractivity (Wildman–Crippen MR) is 91.5 cm³/mol. The number of carbonyl (C=O) groups is 1. The lowest BCUT2D eigenvalue weighted by molar-refractivity contribution is -0.144. The Labute approximate surface area is 143 Å². The molecule has 2 heterocycles.